The van der Waals surface area contributed by atoms with Crippen molar-refractivity contribution >= 4 is 41.3 Å². The summed E-state index contributed by atoms with van der Waals surface area (Å²) in [6.45, 7) is 11.3. The molecule has 4 aliphatic rings. The number of nitrogens with zero attached hydrogens (tertiary/aromatic N) is 9. The molecule has 13 heteroatoms. The largest absolute Gasteiger partial charge is 0.404 e. The summed E-state index contributed by atoms with van der Waals surface area (Å²) in [6, 6.07) is 8.56. The van der Waals surface area contributed by atoms with E-state index in [9.17, 15) is 9.59 Å². The summed E-state index contributed by atoms with van der Waals surface area (Å²) in [5.41, 5.74) is 14.6. The predicted molar refractivity (Wildman–Crippen MR) is 205 cm³/mol. The molecule has 13 nitrogen and oxygen atoms in total. The Morgan fingerprint density at radius 3 is 2.44 bits per heavy atom. The number of hydrogen-bond acceptors (Lipinski definition) is 11. The number of fused-ring (bicyclic) bond motifs is 2. The Bertz CT molecular complexity index is 1770. The highest BCUT2D eigenvalue weighted by Crippen LogP contribution is 2.41. The number of anilines is 3. The van der Waals surface area contributed by atoms with E-state index in [1.807, 2.05) is 17.2 Å². The SMILES string of the molecule is CN=C/C(=C\N)c1cc2c(cc1C)N(c1nn(C3CCN(CC4CCN(c5ccc(C=O)nn5)CC4)CC3)c3c1CN(C(C)=O)CC3)CCC2.CO. The number of amides is 1. The summed E-state index contributed by atoms with van der Waals surface area (Å²) in [5.74, 6) is 2.66. The van der Waals surface area contributed by atoms with Crippen LogP contribution in [0.3, 0.4) is 0 Å². The lowest BCUT2D eigenvalue weighted by Gasteiger charge is -2.38. The first kappa shape index (κ1) is 37.1. The van der Waals surface area contributed by atoms with Gasteiger partial charge in [-0.3, -0.25) is 19.3 Å². The quantitative estimate of drug-likeness (QED) is 0.260. The van der Waals surface area contributed by atoms with Crippen molar-refractivity contribution in [3.05, 3.63) is 64.1 Å². The van der Waals surface area contributed by atoms with Gasteiger partial charge in [-0.1, -0.05) is 0 Å². The van der Waals surface area contributed by atoms with E-state index in [1.54, 1.807) is 26.2 Å². The van der Waals surface area contributed by atoms with Crippen molar-refractivity contribution in [2.75, 3.05) is 69.8 Å². The van der Waals surface area contributed by atoms with Crippen LogP contribution in [0.25, 0.3) is 5.57 Å². The molecule has 0 unspecified atom stereocenters. The summed E-state index contributed by atoms with van der Waals surface area (Å²) < 4.78 is 2.36. The van der Waals surface area contributed by atoms with Crippen molar-refractivity contribution < 1.29 is 14.7 Å². The van der Waals surface area contributed by atoms with Crippen LogP contribution in [0.2, 0.25) is 0 Å². The van der Waals surface area contributed by atoms with Crippen molar-refractivity contribution in [1.29, 1.82) is 0 Å². The second-order valence-electron chi connectivity index (χ2n) is 14.3. The molecule has 3 aromatic rings. The van der Waals surface area contributed by atoms with Gasteiger partial charge >= 0.3 is 0 Å². The number of allylic oxidation sites excluding steroid dienone is 1. The number of hydrogen-bond donors (Lipinski definition) is 2. The number of aldehydes is 1. The van der Waals surface area contributed by atoms with Crippen LogP contribution in [0.4, 0.5) is 17.3 Å². The van der Waals surface area contributed by atoms with Crippen molar-refractivity contribution in [3.63, 3.8) is 0 Å². The zero-order valence-corrected chi connectivity index (χ0v) is 31.2. The molecule has 0 bridgehead atoms. The van der Waals surface area contributed by atoms with E-state index in [2.05, 4.69) is 53.6 Å². The van der Waals surface area contributed by atoms with E-state index in [1.165, 1.54) is 22.5 Å². The molecule has 3 N–H and O–H groups in total. The Kier molecular flexibility index (Phi) is 12.0. The fraction of sp³-hybridized carbons (Fsp3) is 0.538. The first-order valence-electron chi connectivity index (χ1n) is 18.7. The lowest BCUT2D eigenvalue weighted by molar-refractivity contribution is -0.129. The molecule has 7 rings (SSSR count). The maximum atomic E-state index is 12.6. The molecule has 278 valence electrons. The maximum absolute atomic E-state index is 12.6. The molecule has 1 aromatic carbocycles. The van der Waals surface area contributed by atoms with Crippen molar-refractivity contribution in [2.45, 2.75) is 71.4 Å². The summed E-state index contributed by atoms with van der Waals surface area (Å²) in [5, 5.41) is 20.7. The van der Waals surface area contributed by atoms with Gasteiger partial charge in [0.1, 0.15) is 5.69 Å². The minimum Gasteiger partial charge on any atom is -0.404 e. The topological polar surface area (TPSA) is 149 Å². The Balaban J connectivity index is 0.00000228. The van der Waals surface area contributed by atoms with Gasteiger partial charge in [0.15, 0.2) is 17.9 Å². The molecule has 2 fully saturated rings. The highest BCUT2D eigenvalue weighted by atomic mass is 16.2. The van der Waals surface area contributed by atoms with E-state index < -0.39 is 0 Å². The standard InChI is InChI=1S/C38H50N10O2.CH4O/c1-26-19-36-29(20-33(26)30(21-39)22-40-3)5-4-13-47(36)38-34-24-46(27(2)50)18-12-35(34)48(43-38)32-10-14-44(15-11-32)23-28-8-16-45(17-9-28)37-7-6-31(25-49)41-42-37;1-2/h6-7,19-22,25,28,32H,4-5,8-18,23-24,39H2,1-3H3;2H,1H3/b30-21+,40-22?;. The summed E-state index contributed by atoms with van der Waals surface area (Å²) >= 11 is 0. The fourth-order valence-corrected chi connectivity index (χ4v) is 8.45. The molecule has 0 radical (unpaired) electrons. The third-order valence-electron chi connectivity index (χ3n) is 11.2. The van der Waals surface area contributed by atoms with Crippen molar-refractivity contribution in [1.82, 2.24) is 29.8 Å². The van der Waals surface area contributed by atoms with Gasteiger partial charge in [0.25, 0.3) is 0 Å². The van der Waals surface area contributed by atoms with Gasteiger partial charge in [0.2, 0.25) is 5.91 Å². The second-order valence-corrected chi connectivity index (χ2v) is 14.3. The van der Waals surface area contributed by atoms with Crippen LogP contribution < -0.4 is 15.5 Å². The number of aliphatic hydroxyl groups is 1. The van der Waals surface area contributed by atoms with Crippen LogP contribution in [-0.2, 0) is 24.2 Å². The molecule has 2 saturated heterocycles. The van der Waals surface area contributed by atoms with Crippen LogP contribution in [-0.4, -0.2) is 113 Å². The molecule has 6 heterocycles. The number of nitrogens with two attached hydrogens (primary N) is 1. The summed E-state index contributed by atoms with van der Waals surface area (Å²) in [4.78, 5) is 37.1. The first-order valence-corrected chi connectivity index (χ1v) is 18.7. The normalized spacial score (nSPS) is 18.9. The monoisotopic (exact) mass is 710 g/mol. The van der Waals surface area contributed by atoms with Gasteiger partial charge in [-0.25, -0.2) is 0 Å². The third-order valence-corrected chi connectivity index (χ3v) is 11.2. The van der Waals surface area contributed by atoms with E-state index >= 15 is 0 Å². The molecule has 2 aromatic heterocycles. The highest BCUT2D eigenvalue weighted by Gasteiger charge is 2.34. The van der Waals surface area contributed by atoms with Gasteiger partial charge in [-0.05, 0) is 92.3 Å². The number of carbonyl (C=O) groups excluding carboxylic acids is 2. The average molecular weight is 711 g/mol. The van der Waals surface area contributed by atoms with Gasteiger partial charge in [-0.2, -0.15) is 5.10 Å². The number of carbonyl (C=O) groups is 2. The molecule has 0 aliphatic carbocycles. The molecule has 4 aliphatic heterocycles. The average Bonchev–Trinajstić information content (AvgIpc) is 3.57. The Hall–Kier alpha value is -4.62. The van der Waals surface area contributed by atoms with E-state index in [4.69, 9.17) is 15.9 Å². The van der Waals surface area contributed by atoms with Crippen LogP contribution >= 0.6 is 0 Å². The Morgan fingerprint density at radius 1 is 1.02 bits per heavy atom. The highest BCUT2D eigenvalue weighted by molar-refractivity contribution is 6.10. The summed E-state index contributed by atoms with van der Waals surface area (Å²) in [7, 11) is 2.77. The van der Waals surface area contributed by atoms with E-state index in [-0.39, 0.29) is 5.91 Å². The van der Waals surface area contributed by atoms with Gasteiger partial charge in [-0.15, -0.1) is 10.2 Å². The number of aryl methyl sites for hydroxylation is 2. The van der Waals surface area contributed by atoms with Crippen LogP contribution in [0.5, 0.6) is 0 Å². The smallest absolute Gasteiger partial charge is 0.219 e. The fourth-order valence-electron chi connectivity index (χ4n) is 8.45. The zero-order chi connectivity index (χ0) is 36.8. The lowest BCUT2D eigenvalue weighted by atomic mass is 9.92. The van der Waals surface area contributed by atoms with Crippen LogP contribution in [0.1, 0.15) is 83.5 Å². The zero-order valence-electron chi connectivity index (χ0n) is 31.2. The maximum Gasteiger partial charge on any atom is 0.219 e. The molecule has 0 saturated carbocycles. The Labute approximate surface area is 307 Å². The molecule has 1 amide bonds. The Morgan fingerprint density at radius 2 is 1.79 bits per heavy atom. The number of benzene rings is 1. The van der Waals surface area contributed by atoms with Gasteiger partial charge < -0.3 is 30.4 Å². The van der Waals surface area contributed by atoms with Gasteiger partial charge in [0.05, 0.1) is 12.6 Å². The number of aliphatic hydroxyl groups excluding tert-OH is 1. The van der Waals surface area contributed by atoms with Gasteiger partial charge in [0, 0.05) is 108 Å². The lowest BCUT2D eigenvalue weighted by Crippen LogP contribution is -2.42. The number of likely N-dealkylation sites (tertiary alicyclic amines) is 1. The van der Waals surface area contributed by atoms with Crippen molar-refractivity contribution in [2.24, 2.45) is 16.6 Å². The minimum atomic E-state index is 0.121. The predicted octanol–water partition coefficient (Wildman–Crippen LogP) is 3.95. The van der Waals surface area contributed by atoms with Crippen LogP contribution in [0.15, 0.2) is 35.5 Å². The molecular weight excluding hydrogens is 656 g/mol. The number of piperidine rings is 2. The molecular formula is C39H54N10O3. The minimum absolute atomic E-state index is 0.121. The first-order chi connectivity index (χ1) is 25.4. The van der Waals surface area contributed by atoms with Crippen molar-refractivity contribution in [3.8, 4) is 0 Å². The van der Waals surface area contributed by atoms with E-state index in [0.717, 1.165) is 132 Å². The molecule has 52 heavy (non-hydrogen) atoms. The number of aromatic nitrogens is 4. The van der Waals surface area contributed by atoms with E-state index in [0.29, 0.717) is 24.2 Å². The number of rotatable bonds is 8. The van der Waals surface area contributed by atoms with Crippen LogP contribution in [0, 0.1) is 12.8 Å². The molecule has 0 spiro atoms. The number of aliphatic imine (C=N–C) groups is 1. The second kappa shape index (κ2) is 16.8. The molecule has 0 atom stereocenters. The summed E-state index contributed by atoms with van der Waals surface area (Å²) in [6.07, 6.45) is 11.5. The third kappa shape index (κ3) is 7.75.